The fraction of sp³-hybridized carbons (Fsp3) is 0.429. The molecule has 0 rings (SSSR count). The highest BCUT2D eigenvalue weighted by Gasteiger charge is 2.25. The highest BCUT2D eigenvalue weighted by molar-refractivity contribution is 7.99. The lowest BCUT2D eigenvalue weighted by atomic mass is 10.4. The Kier molecular flexibility index (Phi) is 5.25. The Morgan fingerprint density at radius 2 is 2.07 bits per heavy atom. The van der Waals surface area contributed by atoms with E-state index < -0.39 is 12.7 Å². The Hall–Kier alpha value is -0.463. The monoisotopic (exact) mass is 253 g/mol. The van der Waals surface area contributed by atoms with Gasteiger partial charge in [-0.1, -0.05) is 24.4 Å². The Morgan fingerprint density at radius 1 is 1.57 bits per heavy atom. The molecule has 0 atom stereocenters. The maximum absolute atomic E-state index is 10.9. The van der Waals surface area contributed by atoms with Gasteiger partial charge < -0.3 is 9.26 Å². The number of carbonyl (C=O) groups is 1. The van der Waals surface area contributed by atoms with Crippen molar-refractivity contribution < 1.29 is 14.1 Å². The zero-order valence-electron chi connectivity index (χ0n) is 8.20. The highest BCUT2D eigenvalue weighted by Crippen LogP contribution is 2.15. The van der Waals surface area contributed by atoms with Crippen LogP contribution in [-0.4, -0.2) is 25.6 Å². The second-order valence-corrected chi connectivity index (χ2v) is 8.88. The first-order valence-electron chi connectivity index (χ1n) is 3.69. The molecule has 0 spiro atoms. The Morgan fingerprint density at radius 3 is 2.36 bits per heavy atom. The SMILES string of the molecule is C=C(O[Si](C)(C)Cl)C(=NOC)C(=O)S. The lowest BCUT2D eigenvalue weighted by Gasteiger charge is -2.17. The predicted octanol–water partition coefficient (Wildman–Crippen LogP) is 1.92. The molecule has 0 aliphatic rings. The van der Waals surface area contributed by atoms with Crippen molar-refractivity contribution in [3.05, 3.63) is 12.3 Å². The summed E-state index contributed by atoms with van der Waals surface area (Å²) in [7, 11) is -0.995. The molecule has 0 unspecified atom stereocenters. The molecule has 0 heterocycles. The largest absolute Gasteiger partial charge is 0.528 e. The van der Waals surface area contributed by atoms with Crippen molar-refractivity contribution in [1.29, 1.82) is 0 Å². The molecule has 0 aromatic carbocycles. The van der Waals surface area contributed by atoms with Gasteiger partial charge in [-0.05, 0) is 13.1 Å². The predicted molar refractivity (Wildman–Crippen MR) is 62.0 cm³/mol. The van der Waals surface area contributed by atoms with Crippen molar-refractivity contribution in [3.63, 3.8) is 0 Å². The number of carbonyl (C=O) groups excluding carboxylic acids is 1. The van der Waals surface area contributed by atoms with Crippen LogP contribution in [0.3, 0.4) is 0 Å². The molecule has 0 bridgehead atoms. The van der Waals surface area contributed by atoms with E-state index >= 15 is 0 Å². The van der Waals surface area contributed by atoms with Crippen LogP contribution in [0.15, 0.2) is 17.5 Å². The van der Waals surface area contributed by atoms with Crippen molar-refractivity contribution in [1.82, 2.24) is 0 Å². The third-order valence-corrected chi connectivity index (χ3v) is 2.19. The zero-order valence-corrected chi connectivity index (χ0v) is 10.9. The lowest BCUT2D eigenvalue weighted by molar-refractivity contribution is -0.105. The fourth-order valence-electron chi connectivity index (χ4n) is 0.642. The molecule has 7 heteroatoms. The van der Waals surface area contributed by atoms with Gasteiger partial charge in [-0.2, -0.15) is 0 Å². The van der Waals surface area contributed by atoms with E-state index in [0.717, 1.165) is 0 Å². The number of nitrogens with zero attached hydrogens (tertiary/aromatic N) is 1. The molecule has 0 aliphatic carbocycles. The van der Waals surface area contributed by atoms with E-state index in [4.69, 9.17) is 15.5 Å². The summed E-state index contributed by atoms with van der Waals surface area (Å²) in [6.07, 6.45) is 0. The van der Waals surface area contributed by atoms with Crippen LogP contribution in [0.2, 0.25) is 13.1 Å². The third kappa shape index (κ3) is 5.31. The smallest absolute Gasteiger partial charge is 0.341 e. The van der Waals surface area contributed by atoms with Gasteiger partial charge in [-0.25, -0.2) is 0 Å². The zero-order chi connectivity index (χ0) is 11.4. The molecule has 0 fully saturated rings. The summed E-state index contributed by atoms with van der Waals surface area (Å²) in [5.41, 5.74) is -0.0722. The molecule has 0 aromatic rings. The van der Waals surface area contributed by atoms with Crippen molar-refractivity contribution in [3.8, 4) is 0 Å². The van der Waals surface area contributed by atoms with Gasteiger partial charge >= 0.3 is 7.63 Å². The standard InChI is InChI=1S/C7H12ClNO3SSi/c1-5(12-14(3,4)8)6(7(10)13)9-11-2/h1H2,2-4H3,(H,10,13). The number of oxime groups is 1. The normalized spacial score (nSPS) is 12.2. The van der Waals surface area contributed by atoms with Crippen LogP contribution in [0.5, 0.6) is 0 Å². The third-order valence-electron chi connectivity index (χ3n) is 1.02. The minimum absolute atomic E-state index is 0.0722. The summed E-state index contributed by atoms with van der Waals surface area (Å²) >= 11 is 9.50. The van der Waals surface area contributed by atoms with Gasteiger partial charge in [-0.3, -0.25) is 4.79 Å². The topological polar surface area (TPSA) is 47.9 Å². The van der Waals surface area contributed by atoms with Gasteiger partial charge in [0, 0.05) is 0 Å². The molecular weight excluding hydrogens is 242 g/mol. The Labute approximate surface area is 94.1 Å². The van der Waals surface area contributed by atoms with Crippen molar-refractivity contribution >= 4 is 42.2 Å². The van der Waals surface area contributed by atoms with Gasteiger partial charge in [0.05, 0.1) is 0 Å². The number of halogens is 1. The van der Waals surface area contributed by atoms with Gasteiger partial charge in [0.15, 0.2) is 5.71 Å². The summed E-state index contributed by atoms with van der Waals surface area (Å²) in [6.45, 7) is 7.01. The average Bonchev–Trinajstić information content (AvgIpc) is 1.95. The molecular formula is C7H12ClNO3SSi. The number of hydrogen-bond donors (Lipinski definition) is 1. The lowest BCUT2D eigenvalue weighted by Crippen LogP contribution is -2.26. The fourth-order valence-corrected chi connectivity index (χ4v) is 1.77. The maximum atomic E-state index is 10.9. The highest BCUT2D eigenvalue weighted by atomic mass is 35.6. The molecule has 14 heavy (non-hydrogen) atoms. The minimum atomic E-state index is -2.31. The first-order chi connectivity index (χ1) is 6.28. The number of rotatable bonds is 5. The van der Waals surface area contributed by atoms with Crippen LogP contribution < -0.4 is 0 Å². The summed E-state index contributed by atoms with van der Waals surface area (Å²) in [5, 5.41) is 2.86. The quantitative estimate of drug-likeness (QED) is 0.203. The van der Waals surface area contributed by atoms with Crippen LogP contribution in [0.1, 0.15) is 0 Å². The van der Waals surface area contributed by atoms with Crippen molar-refractivity contribution in [2.45, 2.75) is 13.1 Å². The van der Waals surface area contributed by atoms with E-state index in [2.05, 4.69) is 29.2 Å². The van der Waals surface area contributed by atoms with Crippen LogP contribution in [0.4, 0.5) is 0 Å². The molecule has 4 nitrogen and oxygen atoms in total. The molecule has 0 saturated heterocycles. The van der Waals surface area contributed by atoms with Crippen LogP contribution in [0.25, 0.3) is 0 Å². The van der Waals surface area contributed by atoms with E-state index in [1.807, 2.05) is 0 Å². The van der Waals surface area contributed by atoms with Gasteiger partial charge in [0.25, 0.3) is 0 Å². The Bertz CT molecular complexity index is 275. The van der Waals surface area contributed by atoms with Crippen molar-refractivity contribution in [2.75, 3.05) is 7.11 Å². The minimum Gasteiger partial charge on any atom is -0.528 e. The van der Waals surface area contributed by atoms with Crippen LogP contribution >= 0.6 is 23.7 Å². The Balaban J connectivity index is 4.64. The summed E-state index contributed by atoms with van der Waals surface area (Å²) < 4.78 is 5.24. The molecule has 0 aromatic heterocycles. The molecule has 0 radical (unpaired) electrons. The maximum Gasteiger partial charge on any atom is 0.341 e. The first kappa shape index (κ1) is 13.5. The van der Waals surface area contributed by atoms with Gasteiger partial charge in [0.2, 0.25) is 5.12 Å². The van der Waals surface area contributed by atoms with E-state index in [1.165, 1.54) is 7.11 Å². The first-order valence-corrected chi connectivity index (χ1v) is 8.06. The van der Waals surface area contributed by atoms with E-state index in [9.17, 15) is 4.79 Å². The van der Waals surface area contributed by atoms with Crippen LogP contribution in [-0.2, 0) is 14.1 Å². The van der Waals surface area contributed by atoms with E-state index in [-0.39, 0.29) is 11.5 Å². The molecule has 0 amide bonds. The molecule has 0 N–H and O–H groups in total. The summed E-state index contributed by atoms with van der Waals surface area (Å²) in [6, 6.07) is 0. The number of allylic oxidation sites excluding steroid dienone is 1. The van der Waals surface area contributed by atoms with E-state index in [0.29, 0.717) is 0 Å². The number of thiol groups is 1. The van der Waals surface area contributed by atoms with Gasteiger partial charge in [0.1, 0.15) is 12.9 Å². The average molecular weight is 254 g/mol. The van der Waals surface area contributed by atoms with Crippen LogP contribution in [0, 0.1) is 0 Å². The second kappa shape index (κ2) is 5.43. The molecule has 0 aliphatic heterocycles. The molecule has 0 saturated carbocycles. The summed E-state index contributed by atoms with van der Waals surface area (Å²) in [4.78, 5) is 15.4. The van der Waals surface area contributed by atoms with Gasteiger partial charge in [-0.15, -0.1) is 11.1 Å². The van der Waals surface area contributed by atoms with Crippen molar-refractivity contribution in [2.24, 2.45) is 5.16 Å². The molecule has 80 valence electrons. The van der Waals surface area contributed by atoms with E-state index in [1.54, 1.807) is 13.1 Å². The number of hydrogen-bond acceptors (Lipinski definition) is 4. The summed E-state index contributed by atoms with van der Waals surface area (Å²) in [5.74, 6) is 0.0820. The second-order valence-electron chi connectivity index (χ2n) is 2.82.